The van der Waals surface area contributed by atoms with Crippen molar-refractivity contribution >= 4 is 0 Å². The molecule has 1 fully saturated rings. The zero-order valence-corrected chi connectivity index (χ0v) is 9.46. The van der Waals surface area contributed by atoms with Gasteiger partial charge in [-0.2, -0.15) is 0 Å². The maximum atomic E-state index is 9.21. The standard InChI is InChI=1S/C13H19NO/c1-10(14-2)13(7-8-13)9-11-3-5-12(15)6-4-11/h3-6,10,14-15H,7-9H2,1-2H3. The second-order valence-corrected chi connectivity index (χ2v) is 4.72. The number of phenols is 1. The zero-order valence-electron chi connectivity index (χ0n) is 9.46. The van der Waals surface area contributed by atoms with Gasteiger partial charge in [0.25, 0.3) is 0 Å². The highest BCUT2D eigenvalue weighted by Crippen LogP contribution is 2.51. The lowest BCUT2D eigenvalue weighted by molar-refractivity contribution is 0.369. The van der Waals surface area contributed by atoms with Crippen LogP contribution in [0.25, 0.3) is 0 Å². The molecule has 0 saturated heterocycles. The molecule has 1 atom stereocenters. The third-order valence-corrected chi connectivity index (χ3v) is 3.74. The Morgan fingerprint density at radius 2 is 1.93 bits per heavy atom. The van der Waals surface area contributed by atoms with Crippen LogP contribution in [-0.2, 0) is 6.42 Å². The van der Waals surface area contributed by atoms with Crippen LogP contribution in [0.15, 0.2) is 24.3 Å². The monoisotopic (exact) mass is 205 g/mol. The van der Waals surface area contributed by atoms with Crippen molar-refractivity contribution in [1.29, 1.82) is 0 Å². The smallest absolute Gasteiger partial charge is 0.115 e. The number of aromatic hydroxyl groups is 1. The van der Waals surface area contributed by atoms with Gasteiger partial charge in [0, 0.05) is 6.04 Å². The van der Waals surface area contributed by atoms with Crippen molar-refractivity contribution in [3.8, 4) is 5.75 Å². The average molecular weight is 205 g/mol. The van der Waals surface area contributed by atoms with Gasteiger partial charge in [0.05, 0.1) is 0 Å². The predicted octanol–water partition coefficient (Wildman–Crippen LogP) is 2.32. The molecule has 0 aliphatic heterocycles. The van der Waals surface area contributed by atoms with Crippen LogP contribution in [0.2, 0.25) is 0 Å². The van der Waals surface area contributed by atoms with Gasteiger partial charge in [0.1, 0.15) is 5.75 Å². The molecule has 0 radical (unpaired) electrons. The molecule has 82 valence electrons. The molecule has 0 spiro atoms. The van der Waals surface area contributed by atoms with E-state index in [0.29, 0.717) is 17.2 Å². The summed E-state index contributed by atoms with van der Waals surface area (Å²) in [5.41, 5.74) is 1.79. The Morgan fingerprint density at radius 1 is 1.33 bits per heavy atom. The summed E-state index contributed by atoms with van der Waals surface area (Å²) in [4.78, 5) is 0. The van der Waals surface area contributed by atoms with E-state index >= 15 is 0 Å². The van der Waals surface area contributed by atoms with Gasteiger partial charge in [-0.3, -0.25) is 0 Å². The average Bonchev–Trinajstić information content (AvgIpc) is 3.01. The van der Waals surface area contributed by atoms with E-state index in [0.717, 1.165) is 6.42 Å². The molecule has 1 unspecified atom stereocenters. The molecule has 0 bridgehead atoms. The van der Waals surface area contributed by atoms with E-state index in [9.17, 15) is 5.11 Å². The van der Waals surface area contributed by atoms with Gasteiger partial charge in [0.2, 0.25) is 0 Å². The molecule has 2 rings (SSSR count). The summed E-state index contributed by atoms with van der Waals surface area (Å²) in [7, 11) is 2.03. The molecule has 2 nitrogen and oxygen atoms in total. The Morgan fingerprint density at radius 3 is 2.40 bits per heavy atom. The second-order valence-electron chi connectivity index (χ2n) is 4.72. The van der Waals surface area contributed by atoms with E-state index in [4.69, 9.17) is 0 Å². The highest BCUT2D eigenvalue weighted by atomic mass is 16.3. The number of hydrogen-bond donors (Lipinski definition) is 2. The Bertz CT molecular complexity index is 327. The third kappa shape index (κ3) is 2.15. The van der Waals surface area contributed by atoms with Gasteiger partial charge in [-0.25, -0.2) is 0 Å². The Labute approximate surface area is 91.3 Å². The fourth-order valence-corrected chi connectivity index (χ4v) is 2.25. The summed E-state index contributed by atoms with van der Waals surface area (Å²) in [6.07, 6.45) is 3.75. The van der Waals surface area contributed by atoms with E-state index in [1.807, 2.05) is 19.2 Å². The van der Waals surface area contributed by atoms with Crippen LogP contribution >= 0.6 is 0 Å². The normalized spacial score (nSPS) is 19.9. The molecule has 1 aliphatic rings. The lowest BCUT2D eigenvalue weighted by Gasteiger charge is -2.23. The van der Waals surface area contributed by atoms with Gasteiger partial charge >= 0.3 is 0 Å². The third-order valence-electron chi connectivity index (χ3n) is 3.74. The fraction of sp³-hybridized carbons (Fsp3) is 0.538. The molecule has 1 aromatic rings. The predicted molar refractivity (Wildman–Crippen MR) is 62.0 cm³/mol. The van der Waals surface area contributed by atoms with Crippen LogP contribution in [0.1, 0.15) is 25.3 Å². The summed E-state index contributed by atoms with van der Waals surface area (Å²) < 4.78 is 0. The molecular weight excluding hydrogens is 186 g/mol. The Hall–Kier alpha value is -1.02. The highest BCUT2D eigenvalue weighted by Gasteiger charge is 2.46. The first-order chi connectivity index (χ1) is 7.16. The van der Waals surface area contributed by atoms with E-state index in [2.05, 4.69) is 12.2 Å². The molecule has 2 N–H and O–H groups in total. The number of hydrogen-bond acceptors (Lipinski definition) is 2. The van der Waals surface area contributed by atoms with Gasteiger partial charge in [-0.1, -0.05) is 12.1 Å². The van der Waals surface area contributed by atoms with Crippen LogP contribution < -0.4 is 5.32 Å². The lowest BCUT2D eigenvalue weighted by Crippen LogP contribution is -2.33. The number of benzene rings is 1. The summed E-state index contributed by atoms with van der Waals surface area (Å²) in [6.45, 7) is 2.26. The summed E-state index contributed by atoms with van der Waals surface area (Å²) in [5, 5.41) is 12.6. The van der Waals surface area contributed by atoms with Crippen molar-refractivity contribution in [2.24, 2.45) is 5.41 Å². The highest BCUT2D eigenvalue weighted by molar-refractivity contribution is 5.27. The first-order valence-electron chi connectivity index (χ1n) is 5.61. The minimum absolute atomic E-state index is 0.352. The van der Waals surface area contributed by atoms with E-state index in [1.165, 1.54) is 18.4 Å². The minimum atomic E-state index is 0.352. The Balaban J connectivity index is 2.05. The van der Waals surface area contributed by atoms with Crippen molar-refractivity contribution in [2.45, 2.75) is 32.2 Å². The van der Waals surface area contributed by atoms with Crippen molar-refractivity contribution in [3.63, 3.8) is 0 Å². The molecule has 0 aromatic heterocycles. The van der Waals surface area contributed by atoms with Gasteiger partial charge < -0.3 is 10.4 Å². The number of phenolic OH excluding ortho intramolecular Hbond substituents is 1. The van der Waals surface area contributed by atoms with Crippen LogP contribution in [-0.4, -0.2) is 18.2 Å². The molecule has 1 aromatic carbocycles. The molecule has 2 heteroatoms. The van der Waals surface area contributed by atoms with Crippen molar-refractivity contribution in [3.05, 3.63) is 29.8 Å². The maximum Gasteiger partial charge on any atom is 0.115 e. The maximum absolute atomic E-state index is 9.21. The topological polar surface area (TPSA) is 32.3 Å². The van der Waals surface area contributed by atoms with E-state index in [1.54, 1.807) is 12.1 Å². The zero-order chi connectivity index (χ0) is 10.9. The SMILES string of the molecule is CNC(C)C1(Cc2ccc(O)cc2)CC1. The van der Waals surface area contributed by atoms with Crippen LogP contribution in [0.3, 0.4) is 0 Å². The van der Waals surface area contributed by atoms with Gasteiger partial charge in [-0.15, -0.1) is 0 Å². The molecule has 0 amide bonds. The van der Waals surface area contributed by atoms with E-state index < -0.39 is 0 Å². The Kier molecular flexibility index (Phi) is 2.70. The van der Waals surface area contributed by atoms with Crippen LogP contribution in [0, 0.1) is 5.41 Å². The quantitative estimate of drug-likeness (QED) is 0.790. The molecule has 15 heavy (non-hydrogen) atoms. The first-order valence-corrected chi connectivity index (χ1v) is 5.61. The summed E-state index contributed by atoms with van der Waals surface area (Å²) in [6, 6.07) is 8.17. The van der Waals surface area contributed by atoms with E-state index in [-0.39, 0.29) is 0 Å². The van der Waals surface area contributed by atoms with Gasteiger partial charge in [0.15, 0.2) is 0 Å². The fourth-order valence-electron chi connectivity index (χ4n) is 2.25. The largest absolute Gasteiger partial charge is 0.508 e. The van der Waals surface area contributed by atoms with Crippen LogP contribution in [0.5, 0.6) is 5.75 Å². The molecule has 1 aliphatic carbocycles. The van der Waals surface area contributed by atoms with Gasteiger partial charge in [-0.05, 0) is 56.3 Å². The second kappa shape index (κ2) is 3.86. The number of rotatable bonds is 4. The van der Waals surface area contributed by atoms with Crippen molar-refractivity contribution < 1.29 is 5.11 Å². The minimum Gasteiger partial charge on any atom is -0.508 e. The first kappa shape index (κ1) is 10.5. The summed E-state index contributed by atoms with van der Waals surface area (Å²) >= 11 is 0. The molecule has 1 saturated carbocycles. The van der Waals surface area contributed by atoms with Crippen molar-refractivity contribution in [1.82, 2.24) is 5.32 Å². The lowest BCUT2D eigenvalue weighted by atomic mass is 9.90. The van der Waals surface area contributed by atoms with Crippen molar-refractivity contribution in [2.75, 3.05) is 7.05 Å². The number of nitrogens with one attached hydrogen (secondary N) is 1. The van der Waals surface area contributed by atoms with Crippen LogP contribution in [0.4, 0.5) is 0 Å². The summed E-state index contributed by atoms with van der Waals surface area (Å²) in [5.74, 6) is 0.352. The molecule has 0 heterocycles. The molecular formula is C13H19NO.